The maximum atomic E-state index is 4.85. The standard InChI is InChI=1S/C20H27N7/c1-25-12-7-18(8-13-25)15-19-23-20(16-27-21-10-11-22-27)26(24-19)14-9-17-5-3-2-4-6-17/h2-6,10-11,18H,7-9,12-16H2,1H3. The highest BCUT2D eigenvalue weighted by Gasteiger charge is 2.20. The molecule has 0 atom stereocenters. The van der Waals surface area contributed by atoms with Crippen LogP contribution >= 0.6 is 0 Å². The lowest BCUT2D eigenvalue weighted by atomic mass is 9.94. The van der Waals surface area contributed by atoms with Crippen molar-refractivity contribution in [3.63, 3.8) is 0 Å². The zero-order valence-electron chi connectivity index (χ0n) is 15.9. The Hall–Kier alpha value is -2.54. The molecule has 0 unspecified atom stereocenters. The highest BCUT2D eigenvalue weighted by Crippen LogP contribution is 2.20. The Labute approximate surface area is 160 Å². The molecule has 0 spiro atoms. The van der Waals surface area contributed by atoms with E-state index in [-0.39, 0.29) is 0 Å². The van der Waals surface area contributed by atoms with E-state index in [1.165, 1.54) is 31.5 Å². The quantitative estimate of drug-likeness (QED) is 0.641. The molecule has 7 heteroatoms. The zero-order chi connectivity index (χ0) is 18.5. The van der Waals surface area contributed by atoms with Crippen LogP contribution in [-0.4, -0.2) is 54.8 Å². The van der Waals surface area contributed by atoms with Gasteiger partial charge in [-0.2, -0.15) is 20.1 Å². The van der Waals surface area contributed by atoms with Crippen LogP contribution in [0.15, 0.2) is 42.7 Å². The topological polar surface area (TPSA) is 64.7 Å². The highest BCUT2D eigenvalue weighted by atomic mass is 15.5. The molecular formula is C20H27N7. The predicted molar refractivity (Wildman–Crippen MR) is 103 cm³/mol. The molecule has 3 heterocycles. The number of rotatable bonds is 7. The van der Waals surface area contributed by atoms with Crippen molar-refractivity contribution in [2.45, 2.75) is 38.8 Å². The lowest BCUT2D eigenvalue weighted by Gasteiger charge is -2.28. The molecule has 1 fully saturated rings. The van der Waals surface area contributed by atoms with Gasteiger partial charge < -0.3 is 4.90 Å². The minimum absolute atomic E-state index is 0.558. The van der Waals surface area contributed by atoms with Gasteiger partial charge in [0.1, 0.15) is 6.54 Å². The Morgan fingerprint density at radius 1 is 1.04 bits per heavy atom. The van der Waals surface area contributed by atoms with Crippen LogP contribution < -0.4 is 0 Å². The van der Waals surface area contributed by atoms with E-state index in [2.05, 4.69) is 46.4 Å². The van der Waals surface area contributed by atoms with E-state index < -0.39 is 0 Å². The zero-order valence-corrected chi connectivity index (χ0v) is 15.9. The Kier molecular flexibility index (Phi) is 5.58. The van der Waals surface area contributed by atoms with Crippen LogP contribution in [0.1, 0.15) is 30.1 Å². The average molecular weight is 365 g/mol. The Bertz CT molecular complexity index is 817. The van der Waals surface area contributed by atoms with Gasteiger partial charge in [-0.3, -0.25) is 0 Å². The van der Waals surface area contributed by atoms with Gasteiger partial charge in [0.15, 0.2) is 11.6 Å². The van der Waals surface area contributed by atoms with Crippen LogP contribution in [0.4, 0.5) is 0 Å². The maximum Gasteiger partial charge on any atom is 0.151 e. The van der Waals surface area contributed by atoms with E-state index in [1.807, 2.05) is 10.7 Å². The summed E-state index contributed by atoms with van der Waals surface area (Å²) in [4.78, 5) is 8.92. The number of likely N-dealkylation sites (tertiary alicyclic amines) is 1. The molecule has 27 heavy (non-hydrogen) atoms. The molecule has 4 rings (SSSR count). The summed E-state index contributed by atoms with van der Waals surface area (Å²) in [6, 6.07) is 10.5. The molecule has 1 aliphatic heterocycles. The third-order valence-corrected chi connectivity index (χ3v) is 5.31. The second kappa shape index (κ2) is 8.43. The number of hydrogen-bond donors (Lipinski definition) is 0. The summed E-state index contributed by atoms with van der Waals surface area (Å²) < 4.78 is 2.04. The first-order valence-electron chi connectivity index (χ1n) is 9.75. The number of piperidine rings is 1. The lowest BCUT2D eigenvalue weighted by Crippen LogP contribution is -2.31. The summed E-state index contributed by atoms with van der Waals surface area (Å²) in [5.41, 5.74) is 1.31. The largest absolute Gasteiger partial charge is 0.306 e. The van der Waals surface area contributed by atoms with Gasteiger partial charge in [0.2, 0.25) is 0 Å². The minimum atomic E-state index is 0.558. The number of benzene rings is 1. The summed E-state index contributed by atoms with van der Waals surface area (Å²) in [5, 5.41) is 13.3. The molecule has 0 saturated carbocycles. The van der Waals surface area contributed by atoms with E-state index in [9.17, 15) is 0 Å². The van der Waals surface area contributed by atoms with Gasteiger partial charge in [-0.1, -0.05) is 30.3 Å². The van der Waals surface area contributed by atoms with E-state index >= 15 is 0 Å². The number of aromatic nitrogens is 6. The van der Waals surface area contributed by atoms with Gasteiger partial charge >= 0.3 is 0 Å². The van der Waals surface area contributed by atoms with Crippen molar-refractivity contribution in [1.29, 1.82) is 0 Å². The van der Waals surface area contributed by atoms with Crippen molar-refractivity contribution in [3.8, 4) is 0 Å². The van der Waals surface area contributed by atoms with Gasteiger partial charge in [0.05, 0.1) is 12.4 Å². The average Bonchev–Trinajstić information content (AvgIpc) is 3.33. The van der Waals surface area contributed by atoms with E-state index in [4.69, 9.17) is 10.1 Å². The van der Waals surface area contributed by atoms with Crippen molar-refractivity contribution in [2.24, 2.45) is 5.92 Å². The van der Waals surface area contributed by atoms with Gasteiger partial charge in [0.25, 0.3) is 0 Å². The molecule has 0 aliphatic carbocycles. The monoisotopic (exact) mass is 365 g/mol. The van der Waals surface area contributed by atoms with Crippen molar-refractivity contribution in [3.05, 3.63) is 59.9 Å². The van der Waals surface area contributed by atoms with E-state index in [1.54, 1.807) is 17.2 Å². The van der Waals surface area contributed by atoms with Crippen molar-refractivity contribution in [1.82, 2.24) is 34.7 Å². The molecule has 1 saturated heterocycles. The van der Waals surface area contributed by atoms with Gasteiger partial charge in [-0.25, -0.2) is 9.67 Å². The summed E-state index contributed by atoms with van der Waals surface area (Å²) in [6.07, 6.45) is 7.76. The maximum absolute atomic E-state index is 4.85. The summed E-state index contributed by atoms with van der Waals surface area (Å²) >= 11 is 0. The fourth-order valence-electron chi connectivity index (χ4n) is 3.66. The van der Waals surface area contributed by atoms with E-state index in [0.29, 0.717) is 12.5 Å². The highest BCUT2D eigenvalue weighted by molar-refractivity contribution is 5.14. The van der Waals surface area contributed by atoms with Crippen molar-refractivity contribution < 1.29 is 0 Å². The van der Waals surface area contributed by atoms with Crippen LogP contribution in [0.2, 0.25) is 0 Å². The number of aryl methyl sites for hydroxylation is 2. The third kappa shape index (κ3) is 4.80. The SMILES string of the molecule is CN1CCC(Cc2nc(Cn3nccn3)n(CCc3ccccc3)n2)CC1. The van der Waals surface area contributed by atoms with Gasteiger partial charge in [-0.15, -0.1) is 0 Å². The van der Waals surface area contributed by atoms with Crippen molar-refractivity contribution in [2.75, 3.05) is 20.1 Å². The normalized spacial score (nSPS) is 16.0. The summed E-state index contributed by atoms with van der Waals surface area (Å²) in [7, 11) is 2.20. The predicted octanol–water partition coefficient (Wildman–Crippen LogP) is 2.04. The van der Waals surface area contributed by atoms with Gasteiger partial charge in [0, 0.05) is 13.0 Å². The van der Waals surface area contributed by atoms with E-state index in [0.717, 1.165) is 31.0 Å². The molecule has 0 N–H and O–H groups in total. The van der Waals surface area contributed by atoms with Crippen LogP contribution in [-0.2, 0) is 25.9 Å². The molecule has 142 valence electrons. The Morgan fingerprint density at radius 3 is 2.52 bits per heavy atom. The molecule has 2 aromatic heterocycles. The molecule has 3 aromatic rings. The fraction of sp³-hybridized carbons (Fsp3) is 0.500. The molecule has 0 radical (unpaired) electrons. The molecule has 0 bridgehead atoms. The smallest absolute Gasteiger partial charge is 0.151 e. The number of hydrogen-bond acceptors (Lipinski definition) is 5. The first kappa shape index (κ1) is 17.9. The Morgan fingerprint density at radius 2 is 1.78 bits per heavy atom. The van der Waals surface area contributed by atoms with Crippen LogP contribution in [0.25, 0.3) is 0 Å². The summed E-state index contributed by atoms with van der Waals surface area (Å²) in [5.74, 6) is 2.58. The van der Waals surface area contributed by atoms with Crippen molar-refractivity contribution >= 4 is 0 Å². The second-order valence-electron chi connectivity index (χ2n) is 7.41. The molecule has 1 aliphatic rings. The van der Waals surface area contributed by atoms with Gasteiger partial charge in [-0.05, 0) is 50.9 Å². The second-order valence-corrected chi connectivity index (χ2v) is 7.41. The molecular weight excluding hydrogens is 338 g/mol. The van der Waals surface area contributed by atoms with Crippen LogP contribution in [0.3, 0.4) is 0 Å². The fourth-order valence-corrected chi connectivity index (χ4v) is 3.66. The van der Waals surface area contributed by atoms with Crippen LogP contribution in [0, 0.1) is 5.92 Å². The lowest BCUT2D eigenvalue weighted by molar-refractivity contribution is 0.217. The number of nitrogens with zero attached hydrogens (tertiary/aromatic N) is 7. The molecule has 7 nitrogen and oxygen atoms in total. The third-order valence-electron chi connectivity index (χ3n) is 5.31. The molecule has 0 amide bonds. The first-order valence-corrected chi connectivity index (χ1v) is 9.75. The molecule has 1 aromatic carbocycles. The van der Waals surface area contributed by atoms with Crippen LogP contribution in [0.5, 0.6) is 0 Å². The minimum Gasteiger partial charge on any atom is -0.306 e. The first-order chi connectivity index (χ1) is 13.3. The summed E-state index contributed by atoms with van der Waals surface area (Å²) in [6.45, 7) is 3.72. The Balaban J connectivity index is 1.47.